The lowest BCUT2D eigenvalue weighted by Gasteiger charge is -2.40. The molecule has 0 radical (unpaired) electrons. The van der Waals surface area contributed by atoms with Crippen molar-refractivity contribution in [1.29, 1.82) is 0 Å². The lowest BCUT2D eigenvalue weighted by Crippen LogP contribution is -2.48. The second-order valence-corrected chi connectivity index (χ2v) is 9.05. The van der Waals surface area contributed by atoms with E-state index in [0.29, 0.717) is 36.3 Å². The Kier molecular flexibility index (Phi) is 6.72. The summed E-state index contributed by atoms with van der Waals surface area (Å²) in [5, 5.41) is 3.71. The zero-order valence-electron chi connectivity index (χ0n) is 17.1. The molecule has 0 bridgehead atoms. The van der Waals surface area contributed by atoms with Gasteiger partial charge in [-0.15, -0.1) is 0 Å². The van der Waals surface area contributed by atoms with Crippen LogP contribution in [0.15, 0.2) is 47.3 Å². The molecule has 9 heteroatoms. The van der Waals surface area contributed by atoms with Crippen LogP contribution in [0.5, 0.6) is 0 Å². The van der Waals surface area contributed by atoms with Crippen molar-refractivity contribution in [2.45, 2.75) is 25.3 Å². The first-order valence-corrected chi connectivity index (χ1v) is 11.8. The van der Waals surface area contributed by atoms with Gasteiger partial charge in [0.05, 0.1) is 23.5 Å². The van der Waals surface area contributed by atoms with E-state index in [9.17, 15) is 14.0 Å². The average molecular weight is 459 g/mol. The zero-order chi connectivity index (χ0) is 21.8. The Balaban J connectivity index is 1.51. The monoisotopic (exact) mass is 458 g/mol. The summed E-state index contributed by atoms with van der Waals surface area (Å²) in [5.74, 6) is -0.271. The highest BCUT2D eigenvalue weighted by Crippen LogP contribution is 2.29. The summed E-state index contributed by atoms with van der Waals surface area (Å²) in [6.07, 6.45) is 3.41. The second-order valence-electron chi connectivity index (χ2n) is 7.71. The molecule has 0 unspecified atom stereocenters. The van der Waals surface area contributed by atoms with Crippen molar-refractivity contribution >= 4 is 34.9 Å². The number of likely N-dealkylation sites (tertiary alicyclic amines) is 1. The fourth-order valence-corrected chi connectivity index (χ4v) is 5.19. The summed E-state index contributed by atoms with van der Waals surface area (Å²) >= 11 is 2.50. The van der Waals surface area contributed by atoms with Gasteiger partial charge in [-0.2, -0.15) is 20.1 Å². The van der Waals surface area contributed by atoms with Crippen molar-refractivity contribution in [1.82, 2.24) is 18.5 Å². The van der Waals surface area contributed by atoms with Crippen molar-refractivity contribution in [3.63, 3.8) is 0 Å². The summed E-state index contributed by atoms with van der Waals surface area (Å²) in [4.78, 5) is 29.2. The highest BCUT2D eigenvalue weighted by Gasteiger charge is 2.34. The van der Waals surface area contributed by atoms with Gasteiger partial charge in [0.25, 0.3) is 11.8 Å². The van der Waals surface area contributed by atoms with Crippen LogP contribution in [-0.4, -0.2) is 56.5 Å². The summed E-state index contributed by atoms with van der Waals surface area (Å²) in [7, 11) is 1.80. The van der Waals surface area contributed by atoms with Crippen molar-refractivity contribution < 1.29 is 14.0 Å². The van der Waals surface area contributed by atoms with Crippen LogP contribution < -0.4 is 0 Å². The van der Waals surface area contributed by atoms with E-state index in [2.05, 4.69) is 8.75 Å². The number of carbonyl (C=O) groups excluding carboxylic acids is 2. The number of hydrogen-bond acceptors (Lipinski definition) is 6. The maximum absolute atomic E-state index is 14.4. The predicted octanol–water partition coefficient (Wildman–Crippen LogP) is 3.97. The Bertz CT molecular complexity index is 1020. The number of nitrogens with zero attached hydrogens (tertiary/aromatic N) is 4. The molecular weight excluding hydrogens is 435 g/mol. The van der Waals surface area contributed by atoms with E-state index in [1.165, 1.54) is 23.6 Å². The molecule has 162 valence electrons. The highest BCUT2D eigenvalue weighted by molar-refractivity contribution is 7.08. The molecule has 0 aliphatic carbocycles. The maximum atomic E-state index is 14.4. The van der Waals surface area contributed by atoms with Gasteiger partial charge < -0.3 is 9.80 Å². The molecule has 3 heterocycles. The topological polar surface area (TPSA) is 66.4 Å². The van der Waals surface area contributed by atoms with Gasteiger partial charge in [-0.1, -0.05) is 18.2 Å². The molecule has 4 rings (SSSR count). The predicted molar refractivity (Wildman–Crippen MR) is 119 cm³/mol. The van der Waals surface area contributed by atoms with E-state index in [-0.39, 0.29) is 29.6 Å². The molecule has 3 aromatic rings. The molecular formula is C22H23FN4O2S2. The Hall–Kier alpha value is -2.65. The number of benzene rings is 1. The largest absolute Gasteiger partial charge is 0.338 e. The first-order chi connectivity index (χ1) is 15.0. The molecule has 0 N–H and O–H groups in total. The van der Waals surface area contributed by atoms with Crippen LogP contribution >= 0.6 is 23.1 Å². The smallest absolute Gasteiger partial charge is 0.275 e. The van der Waals surface area contributed by atoms with Gasteiger partial charge in [-0.05, 0) is 48.3 Å². The first-order valence-electron chi connectivity index (χ1n) is 10.1. The fourth-order valence-electron chi connectivity index (χ4n) is 4.16. The summed E-state index contributed by atoms with van der Waals surface area (Å²) < 4.78 is 22.4. The third kappa shape index (κ3) is 4.83. The van der Waals surface area contributed by atoms with Crippen LogP contribution in [0, 0.1) is 11.7 Å². The Morgan fingerprint density at radius 1 is 1.26 bits per heavy atom. The summed E-state index contributed by atoms with van der Waals surface area (Å²) in [5.41, 5.74) is 1.62. The minimum Gasteiger partial charge on any atom is -0.338 e. The number of amides is 2. The lowest BCUT2D eigenvalue weighted by molar-refractivity contribution is 0.0519. The molecule has 1 aliphatic rings. The van der Waals surface area contributed by atoms with E-state index >= 15 is 0 Å². The Morgan fingerprint density at radius 2 is 2.03 bits per heavy atom. The molecule has 0 spiro atoms. The minimum atomic E-state index is -0.257. The van der Waals surface area contributed by atoms with Gasteiger partial charge in [0.15, 0.2) is 5.69 Å². The van der Waals surface area contributed by atoms with Crippen LogP contribution in [0.25, 0.3) is 0 Å². The third-order valence-corrected chi connectivity index (χ3v) is 7.09. The fraction of sp³-hybridized carbons (Fsp3) is 0.364. The first kappa shape index (κ1) is 21.6. The maximum Gasteiger partial charge on any atom is 0.275 e. The van der Waals surface area contributed by atoms with Crippen LogP contribution in [0.4, 0.5) is 4.39 Å². The van der Waals surface area contributed by atoms with Gasteiger partial charge in [0.1, 0.15) is 5.82 Å². The Morgan fingerprint density at radius 3 is 2.68 bits per heavy atom. The van der Waals surface area contributed by atoms with Crippen molar-refractivity contribution in [2.24, 2.45) is 5.92 Å². The average Bonchev–Trinajstić information content (AvgIpc) is 3.52. The van der Waals surface area contributed by atoms with Crippen molar-refractivity contribution in [3.05, 3.63) is 69.9 Å². The number of aromatic nitrogens is 2. The number of carbonyl (C=O) groups is 2. The zero-order valence-corrected chi connectivity index (χ0v) is 18.7. The van der Waals surface area contributed by atoms with Gasteiger partial charge in [-0.3, -0.25) is 9.59 Å². The second kappa shape index (κ2) is 9.65. The molecule has 0 saturated carbocycles. The number of likely N-dealkylation sites (N-methyl/N-ethyl adjacent to an activating group) is 1. The lowest BCUT2D eigenvalue weighted by atomic mass is 9.84. The van der Waals surface area contributed by atoms with Crippen molar-refractivity contribution in [3.8, 4) is 0 Å². The summed E-state index contributed by atoms with van der Waals surface area (Å²) in [6.45, 7) is 1.16. The number of piperidine rings is 1. The molecule has 1 atom stereocenters. The molecule has 2 amide bonds. The van der Waals surface area contributed by atoms with E-state index < -0.39 is 0 Å². The molecule has 2 aromatic heterocycles. The number of hydrogen-bond donors (Lipinski definition) is 0. The molecule has 1 fully saturated rings. The van der Waals surface area contributed by atoms with Gasteiger partial charge >= 0.3 is 0 Å². The third-order valence-electron chi connectivity index (χ3n) is 5.92. The van der Waals surface area contributed by atoms with Gasteiger partial charge in [0.2, 0.25) is 0 Å². The summed E-state index contributed by atoms with van der Waals surface area (Å²) in [6, 6.07) is 8.37. The Labute approximate surface area is 188 Å². The van der Waals surface area contributed by atoms with Gasteiger partial charge in [0, 0.05) is 31.6 Å². The van der Waals surface area contributed by atoms with E-state index in [1.807, 2.05) is 22.9 Å². The molecule has 1 aromatic carbocycles. The van der Waals surface area contributed by atoms with Crippen LogP contribution in [0.3, 0.4) is 0 Å². The quantitative estimate of drug-likeness (QED) is 0.561. The number of thiophene rings is 1. The SMILES string of the molecule is CN(C(=O)c1ccsc1)[C@@H](Cc1ccccc1F)C1CCN(C(=O)c2cnsn2)CC1. The van der Waals surface area contributed by atoms with E-state index in [1.54, 1.807) is 29.0 Å². The highest BCUT2D eigenvalue weighted by atomic mass is 32.1. The molecule has 1 aliphatic heterocycles. The van der Waals surface area contributed by atoms with Crippen molar-refractivity contribution in [2.75, 3.05) is 20.1 Å². The minimum absolute atomic E-state index is 0.0605. The normalized spacial score (nSPS) is 15.6. The van der Waals surface area contributed by atoms with Gasteiger partial charge in [-0.25, -0.2) is 4.39 Å². The standard InChI is InChI=1S/C22H23FN4O2S2/c1-26(21(28)17-8-11-30-14-17)20(12-16-4-2-3-5-18(16)23)15-6-9-27(10-7-15)22(29)19-13-24-31-25-19/h2-5,8,11,13-15,20H,6-7,9-10,12H2,1H3/t20-/m0/s1. The number of halogens is 1. The van der Waals surface area contributed by atoms with E-state index in [0.717, 1.165) is 24.6 Å². The molecule has 1 saturated heterocycles. The van der Waals surface area contributed by atoms with Crippen LogP contribution in [0.2, 0.25) is 0 Å². The van der Waals surface area contributed by atoms with Crippen LogP contribution in [0.1, 0.15) is 39.3 Å². The number of rotatable bonds is 6. The van der Waals surface area contributed by atoms with E-state index in [4.69, 9.17) is 0 Å². The molecule has 6 nitrogen and oxygen atoms in total. The molecule has 31 heavy (non-hydrogen) atoms. The van der Waals surface area contributed by atoms with Crippen LogP contribution in [-0.2, 0) is 6.42 Å².